The van der Waals surface area contributed by atoms with Crippen LogP contribution in [-0.2, 0) is 6.54 Å². The fourth-order valence-electron chi connectivity index (χ4n) is 2.09. The van der Waals surface area contributed by atoms with E-state index in [0.29, 0.717) is 6.54 Å². The number of nitrogens with zero attached hydrogens (tertiary/aromatic N) is 1. The first kappa shape index (κ1) is 12.6. The van der Waals surface area contributed by atoms with Crippen LogP contribution in [0.3, 0.4) is 0 Å². The highest BCUT2D eigenvalue weighted by atomic mass is 16.5. The van der Waals surface area contributed by atoms with E-state index in [0.717, 1.165) is 28.1 Å². The monoisotopic (exact) mass is 264 g/mol. The predicted molar refractivity (Wildman–Crippen MR) is 80.9 cm³/mol. The fraction of sp³-hybridized carbons (Fsp3) is 0.118. The van der Waals surface area contributed by atoms with Gasteiger partial charge >= 0.3 is 0 Å². The second-order valence-corrected chi connectivity index (χ2v) is 4.75. The zero-order chi connectivity index (χ0) is 13.9. The van der Waals surface area contributed by atoms with Gasteiger partial charge in [-0.25, -0.2) is 4.98 Å². The Morgan fingerprint density at radius 3 is 2.55 bits per heavy atom. The molecule has 0 atom stereocenters. The lowest BCUT2D eigenvalue weighted by Crippen LogP contribution is -1.99. The van der Waals surface area contributed by atoms with Crippen LogP contribution in [0, 0.1) is 6.92 Å². The van der Waals surface area contributed by atoms with Crippen molar-refractivity contribution < 1.29 is 4.74 Å². The number of hydrogen-bond acceptors (Lipinski definition) is 3. The number of aromatic nitrogens is 1. The number of ether oxygens (including phenoxy) is 1. The van der Waals surface area contributed by atoms with Crippen LogP contribution in [0.1, 0.15) is 11.3 Å². The normalized spacial score (nSPS) is 10.7. The number of fused-ring (bicyclic) bond motifs is 1. The molecule has 3 aromatic rings. The Morgan fingerprint density at radius 2 is 1.80 bits per heavy atom. The summed E-state index contributed by atoms with van der Waals surface area (Å²) in [5.41, 5.74) is 8.57. The Labute approximate surface area is 118 Å². The number of para-hydroxylation sites is 1. The molecule has 1 aromatic heterocycles. The highest BCUT2D eigenvalue weighted by molar-refractivity contribution is 5.84. The van der Waals surface area contributed by atoms with Crippen molar-refractivity contribution >= 4 is 10.9 Å². The van der Waals surface area contributed by atoms with E-state index < -0.39 is 0 Å². The zero-order valence-corrected chi connectivity index (χ0v) is 11.3. The lowest BCUT2D eigenvalue weighted by molar-refractivity contribution is 0.487. The van der Waals surface area contributed by atoms with E-state index in [9.17, 15) is 0 Å². The molecular formula is C17H16N2O. The Balaban J connectivity index is 2.04. The van der Waals surface area contributed by atoms with E-state index in [1.165, 1.54) is 5.56 Å². The van der Waals surface area contributed by atoms with Crippen LogP contribution in [0.5, 0.6) is 11.5 Å². The van der Waals surface area contributed by atoms with Crippen LogP contribution in [0.15, 0.2) is 54.6 Å². The molecular weight excluding hydrogens is 248 g/mol. The Morgan fingerprint density at radius 1 is 1.00 bits per heavy atom. The van der Waals surface area contributed by atoms with Gasteiger partial charge in [0.15, 0.2) is 5.75 Å². The van der Waals surface area contributed by atoms with Crippen LogP contribution in [0.25, 0.3) is 10.9 Å². The molecule has 0 fully saturated rings. The lowest BCUT2D eigenvalue weighted by atomic mass is 10.2. The van der Waals surface area contributed by atoms with Crippen molar-refractivity contribution in [3.8, 4) is 11.5 Å². The molecule has 3 heteroatoms. The SMILES string of the molecule is Cc1ccc(Oc2cccc3ccc(CN)nc23)cc1. The smallest absolute Gasteiger partial charge is 0.153 e. The molecule has 0 saturated carbocycles. The van der Waals surface area contributed by atoms with Crippen LogP contribution in [0.2, 0.25) is 0 Å². The fourth-order valence-corrected chi connectivity index (χ4v) is 2.09. The molecule has 2 aromatic carbocycles. The van der Waals surface area contributed by atoms with Gasteiger partial charge < -0.3 is 10.5 Å². The maximum absolute atomic E-state index is 5.94. The van der Waals surface area contributed by atoms with Crippen molar-refractivity contribution in [1.82, 2.24) is 4.98 Å². The molecule has 0 aliphatic rings. The highest BCUT2D eigenvalue weighted by Gasteiger charge is 2.05. The maximum atomic E-state index is 5.94. The summed E-state index contributed by atoms with van der Waals surface area (Å²) in [6.07, 6.45) is 0. The zero-order valence-electron chi connectivity index (χ0n) is 11.3. The summed E-state index contributed by atoms with van der Waals surface area (Å²) in [5, 5.41) is 1.05. The first-order valence-corrected chi connectivity index (χ1v) is 6.59. The summed E-state index contributed by atoms with van der Waals surface area (Å²) in [6, 6.07) is 17.8. The quantitative estimate of drug-likeness (QED) is 0.782. The number of nitrogens with two attached hydrogens (primary N) is 1. The van der Waals surface area contributed by atoms with Crippen molar-refractivity contribution in [2.24, 2.45) is 5.73 Å². The summed E-state index contributed by atoms with van der Waals surface area (Å²) in [7, 11) is 0. The standard InChI is InChI=1S/C17H16N2O/c1-12-5-9-15(10-6-12)20-16-4-2-3-13-7-8-14(11-18)19-17(13)16/h2-10H,11,18H2,1H3. The van der Waals surface area contributed by atoms with E-state index in [1.807, 2.05) is 54.6 Å². The Hall–Kier alpha value is -2.39. The molecule has 20 heavy (non-hydrogen) atoms. The van der Waals surface area contributed by atoms with Crippen LogP contribution in [-0.4, -0.2) is 4.98 Å². The molecule has 0 unspecified atom stereocenters. The van der Waals surface area contributed by atoms with Crippen LogP contribution >= 0.6 is 0 Å². The van der Waals surface area contributed by atoms with Gasteiger partial charge in [0.25, 0.3) is 0 Å². The highest BCUT2D eigenvalue weighted by Crippen LogP contribution is 2.28. The molecule has 2 N–H and O–H groups in total. The second-order valence-electron chi connectivity index (χ2n) is 4.75. The van der Waals surface area contributed by atoms with E-state index in [1.54, 1.807) is 0 Å². The van der Waals surface area contributed by atoms with Crippen molar-refractivity contribution in [2.75, 3.05) is 0 Å². The van der Waals surface area contributed by atoms with E-state index >= 15 is 0 Å². The van der Waals surface area contributed by atoms with E-state index in [4.69, 9.17) is 10.5 Å². The van der Waals surface area contributed by atoms with Gasteiger partial charge in [-0.1, -0.05) is 35.9 Å². The largest absolute Gasteiger partial charge is 0.455 e. The number of aryl methyl sites for hydroxylation is 1. The third-order valence-electron chi connectivity index (χ3n) is 3.20. The molecule has 0 aliphatic carbocycles. The van der Waals surface area contributed by atoms with Gasteiger partial charge in [0.05, 0.1) is 5.69 Å². The summed E-state index contributed by atoms with van der Waals surface area (Å²) >= 11 is 0. The lowest BCUT2D eigenvalue weighted by Gasteiger charge is -2.09. The molecule has 0 saturated heterocycles. The minimum absolute atomic E-state index is 0.425. The molecule has 0 amide bonds. The summed E-state index contributed by atoms with van der Waals surface area (Å²) in [5.74, 6) is 1.56. The molecule has 0 aliphatic heterocycles. The number of benzene rings is 2. The second kappa shape index (κ2) is 5.31. The molecule has 1 heterocycles. The van der Waals surface area contributed by atoms with Gasteiger partial charge in [0.1, 0.15) is 11.3 Å². The van der Waals surface area contributed by atoms with Gasteiger partial charge in [0, 0.05) is 11.9 Å². The third-order valence-corrected chi connectivity index (χ3v) is 3.20. The first-order chi connectivity index (χ1) is 9.76. The van der Waals surface area contributed by atoms with Crippen molar-refractivity contribution in [1.29, 1.82) is 0 Å². The minimum atomic E-state index is 0.425. The average Bonchev–Trinajstić information content (AvgIpc) is 2.49. The maximum Gasteiger partial charge on any atom is 0.153 e. The molecule has 100 valence electrons. The third kappa shape index (κ3) is 2.49. The first-order valence-electron chi connectivity index (χ1n) is 6.59. The number of rotatable bonds is 3. The Kier molecular flexibility index (Phi) is 3.35. The van der Waals surface area contributed by atoms with Crippen molar-refractivity contribution in [2.45, 2.75) is 13.5 Å². The van der Waals surface area contributed by atoms with Gasteiger partial charge in [-0.15, -0.1) is 0 Å². The summed E-state index contributed by atoms with van der Waals surface area (Å²) < 4.78 is 5.94. The number of pyridine rings is 1. The summed E-state index contributed by atoms with van der Waals surface area (Å²) in [4.78, 5) is 4.56. The van der Waals surface area contributed by atoms with E-state index in [-0.39, 0.29) is 0 Å². The molecule has 3 rings (SSSR count). The predicted octanol–water partition coefficient (Wildman–Crippen LogP) is 3.79. The van der Waals surface area contributed by atoms with Crippen molar-refractivity contribution in [3.63, 3.8) is 0 Å². The van der Waals surface area contributed by atoms with Crippen LogP contribution < -0.4 is 10.5 Å². The molecule has 0 bridgehead atoms. The Bertz CT molecular complexity index is 736. The van der Waals surface area contributed by atoms with E-state index in [2.05, 4.69) is 11.9 Å². The topological polar surface area (TPSA) is 48.1 Å². The minimum Gasteiger partial charge on any atom is -0.455 e. The average molecular weight is 264 g/mol. The van der Waals surface area contributed by atoms with Crippen LogP contribution in [0.4, 0.5) is 0 Å². The van der Waals surface area contributed by atoms with Gasteiger partial charge in [-0.3, -0.25) is 0 Å². The van der Waals surface area contributed by atoms with Gasteiger partial charge in [0.2, 0.25) is 0 Å². The van der Waals surface area contributed by atoms with Gasteiger partial charge in [-0.05, 0) is 31.2 Å². The molecule has 0 radical (unpaired) electrons. The molecule has 3 nitrogen and oxygen atoms in total. The van der Waals surface area contributed by atoms with Crippen molar-refractivity contribution in [3.05, 3.63) is 65.9 Å². The molecule has 0 spiro atoms. The van der Waals surface area contributed by atoms with Gasteiger partial charge in [-0.2, -0.15) is 0 Å². The summed E-state index contributed by atoms with van der Waals surface area (Å²) in [6.45, 7) is 2.48. The number of hydrogen-bond donors (Lipinski definition) is 1.